The first-order valence-corrected chi connectivity index (χ1v) is 5.21. The third-order valence-corrected chi connectivity index (χ3v) is 2.32. The van der Waals surface area contributed by atoms with Crippen LogP contribution in [0.1, 0.15) is 22.8 Å². The number of hydrogen-bond donors (Lipinski definition) is 2. The minimum atomic E-state index is -0.0710. The Labute approximate surface area is 99.0 Å². The summed E-state index contributed by atoms with van der Waals surface area (Å²) in [6, 6.07) is 3.62. The topological polar surface area (TPSA) is 93.5 Å². The Morgan fingerprint density at radius 1 is 1.18 bits per heavy atom. The fraction of sp³-hybridized carbons (Fsp3) is 0.273. The highest BCUT2D eigenvalue weighted by atomic mass is 15.4. The van der Waals surface area contributed by atoms with Crippen molar-refractivity contribution >= 4 is 5.84 Å². The van der Waals surface area contributed by atoms with E-state index in [9.17, 15) is 0 Å². The van der Waals surface area contributed by atoms with Crippen molar-refractivity contribution in [2.24, 2.45) is 5.73 Å². The second-order valence-electron chi connectivity index (χ2n) is 3.95. The van der Waals surface area contributed by atoms with Gasteiger partial charge in [0.2, 0.25) is 0 Å². The summed E-state index contributed by atoms with van der Waals surface area (Å²) in [6.07, 6.45) is 0. The van der Waals surface area contributed by atoms with Gasteiger partial charge in [-0.15, -0.1) is 0 Å². The molecule has 2 rings (SSSR count). The lowest BCUT2D eigenvalue weighted by Crippen LogP contribution is -2.16. The van der Waals surface area contributed by atoms with Crippen molar-refractivity contribution in [1.82, 2.24) is 19.7 Å². The van der Waals surface area contributed by atoms with Crippen LogP contribution in [0.5, 0.6) is 0 Å². The summed E-state index contributed by atoms with van der Waals surface area (Å²) in [5.74, 6) is 0.374. The van der Waals surface area contributed by atoms with Crippen LogP contribution >= 0.6 is 0 Å². The SMILES string of the molecule is Cc1cc(C(=N)N)nc(-n2nc(C)cc2C)n1. The van der Waals surface area contributed by atoms with Gasteiger partial charge in [-0.2, -0.15) is 5.10 Å². The van der Waals surface area contributed by atoms with Gasteiger partial charge in [0.15, 0.2) is 0 Å². The van der Waals surface area contributed by atoms with Crippen molar-refractivity contribution in [3.63, 3.8) is 0 Å². The smallest absolute Gasteiger partial charge is 0.251 e. The van der Waals surface area contributed by atoms with Crippen LogP contribution in [0.2, 0.25) is 0 Å². The van der Waals surface area contributed by atoms with Crippen molar-refractivity contribution in [3.8, 4) is 5.95 Å². The van der Waals surface area contributed by atoms with Gasteiger partial charge < -0.3 is 5.73 Å². The molecule has 0 aromatic carbocycles. The van der Waals surface area contributed by atoms with Crippen LogP contribution in [0, 0.1) is 26.2 Å². The summed E-state index contributed by atoms with van der Waals surface area (Å²) in [4.78, 5) is 8.52. The molecule has 0 atom stereocenters. The van der Waals surface area contributed by atoms with Crippen molar-refractivity contribution in [3.05, 3.63) is 34.9 Å². The minimum absolute atomic E-state index is 0.0710. The third-order valence-electron chi connectivity index (χ3n) is 2.32. The van der Waals surface area contributed by atoms with Crippen molar-refractivity contribution in [2.75, 3.05) is 0 Å². The molecule has 3 N–H and O–H groups in total. The van der Waals surface area contributed by atoms with E-state index in [1.54, 1.807) is 10.7 Å². The molecule has 17 heavy (non-hydrogen) atoms. The van der Waals surface area contributed by atoms with E-state index in [-0.39, 0.29) is 5.84 Å². The number of hydrogen-bond acceptors (Lipinski definition) is 4. The number of nitrogens with two attached hydrogens (primary N) is 1. The van der Waals surface area contributed by atoms with Gasteiger partial charge in [0.05, 0.1) is 5.69 Å². The highest BCUT2D eigenvalue weighted by molar-refractivity contribution is 5.93. The van der Waals surface area contributed by atoms with Crippen LogP contribution in [-0.2, 0) is 0 Å². The zero-order valence-corrected chi connectivity index (χ0v) is 10.0. The van der Waals surface area contributed by atoms with E-state index in [1.807, 2.05) is 26.8 Å². The fourth-order valence-electron chi connectivity index (χ4n) is 1.62. The van der Waals surface area contributed by atoms with Gasteiger partial charge in [0.1, 0.15) is 11.5 Å². The molecule has 0 spiro atoms. The van der Waals surface area contributed by atoms with E-state index in [0.29, 0.717) is 11.6 Å². The molecule has 0 aliphatic heterocycles. The van der Waals surface area contributed by atoms with Crippen molar-refractivity contribution in [1.29, 1.82) is 5.41 Å². The van der Waals surface area contributed by atoms with Gasteiger partial charge in [-0.05, 0) is 32.9 Å². The summed E-state index contributed by atoms with van der Waals surface area (Å²) < 4.78 is 1.65. The number of aromatic nitrogens is 4. The van der Waals surface area contributed by atoms with E-state index in [4.69, 9.17) is 11.1 Å². The van der Waals surface area contributed by atoms with Crippen molar-refractivity contribution in [2.45, 2.75) is 20.8 Å². The normalized spacial score (nSPS) is 10.5. The molecule has 0 aliphatic carbocycles. The Morgan fingerprint density at radius 3 is 2.41 bits per heavy atom. The Hall–Kier alpha value is -2.24. The highest BCUT2D eigenvalue weighted by Gasteiger charge is 2.09. The number of nitrogens with one attached hydrogen (secondary N) is 1. The molecule has 0 radical (unpaired) electrons. The Morgan fingerprint density at radius 2 is 1.88 bits per heavy atom. The van der Waals surface area contributed by atoms with Crippen LogP contribution < -0.4 is 5.73 Å². The Kier molecular flexibility index (Phi) is 2.63. The van der Waals surface area contributed by atoms with Gasteiger partial charge in [-0.3, -0.25) is 5.41 Å². The molecule has 0 bridgehead atoms. The maximum atomic E-state index is 7.41. The van der Waals surface area contributed by atoms with Gasteiger partial charge in [0.25, 0.3) is 5.95 Å². The molecule has 0 unspecified atom stereocenters. The number of rotatable bonds is 2. The summed E-state index contributed by atoms with van der Waals surface area (Å²) in [6.45, 7) is 5.67. The molecular formula is C11H14N6. The standard InChI is InChI=1S/C11H14N6/c1-6-5-9(10(12)13)15-11(14-6)17-8(3)4-7(2)16-17/h4-5H,1-3H3,(H3,12,13). The van der Waals surface area contributed by atoms with Crippen molar-refractivity contribution < 1.29 is 0 Å². The average molecular weight is 230 g/mol. The van der Waals surface area contributed by atoms with Crippen LogP contribution in [-0.4, -0.2) is 25.6 Å². The molecule has 0 saturated heterocycles. The lowest BCUT2D eigenvalue weighted by molar-refractivity contribution is 0.766. The summed E-state index contributed by atoms with van der Waals surface area (Å²) in [5.41, 5.74) is 8.46. The Bertz CT molecular complexity index is 584. The van der Waals surface area contributed by atoms with Gasteiger partial charge in [-0.25, -0.2) is 14.6 Å². The quantitative estimate of drug-likeness (QED) is 0.591. The lowest BCUT2D eigenvalue weighted by atomic mass is 10.3. The molecule has 0 saturated carbocycles. The van der Waals surface area contributed by atoms with E-state index < -0.39 is 0 Å². The molecular weight excluding hydrogens is 216 g/mol. The third kappa shape index (κ3) is 2.15. The predicted octanol–water partition coefficient (Wildman–Crippen LogP) is 0.872. The summed E-state index contributed by atoms with van der Waals surface area (Å²) >= 11 is 0. The molecule has 6 nitrogen and oxygen atoms in total. The van der Waals surface area contributed by atoms with E-state index in [1.165, 1.54) is 0 Å². The fourth-order valence-corrected chi connectivity index (χ4v) is 1.62. The molecule has 0 aliphatic rings. The molecule has 0 amide bonds. The van der Waals surface area contributed by atoms with E-state index in [2.05, 4.69) is 15.1 Å². The van der Waals surface area contributed by atoms with Crippen LogP contribution in [0.4, 0.5) is 0 Å². The first-order chi connectivity index (χ1) is 7.97. The van der Waals surface area contributed by atoms with Crippen LogP contribution in [0.25, 0.3) is 5.95 Å². The van der Waals surface area contributed by atoms with Gasteiger partial charge in [-0.1, -0.05) is 0 Å². The van der Waals surface area contributed by atoms with Gasteiger partial charge in [0, 0.05) is 11.4 Å². The molecule has 0 fully saturated rings. The summed E-state index contributed by atoms with van der Waals surface area (Å²) in [7, 11) is 0. The summed E-state index contributed by atoms with van der Waals surface area (Å²) in [5, 5.41) is 11.7. The number of nitrogens with zero attached hydrogens (tertiary/aromatic N) is 4. The maximum Gasteiger partial charge on any atom is 0.251 e. The minimum Gasteiger partial charge on any atom is -0.382 e. The van der Waals surface area contributed by atoms with E-state index in [0.717, 1.165) is 17.1 Å². The first-order valence-electron chi connectivity index (χ1n) is 5.21. The zero-order valence-electron chi connectivity index (χ0n) is 10.0. The zero-order chi connectivity index (χ0) is 12.6. The Balaban J connectivity index is 2.59. The first kappa shape index (κ1) is 11.3. The second kappa shape index (κ2) is 3.97. The monoisotopic (exact) mass is 230 g/mol. The van der Waals surface area contributed by atoms with Gasteiger partial charge >= 0.3 is 0 Å². The van der Waals surface area contributed by atoms with Crippen LogP contribution in [0.15, 0.2) is 12.1 Å². The lowest BCUT2D eigenvalue weighted by Gasteiger charge is -2.05. The second-order valence-corrected chi connectivity index (χ2v) is 3.95. The molecule has 2 aromatic rings. The largest absolute Gasteiger partial charge is 0.382 e. The number of nitrogen functional groups attached to an aromatic ring is 1. The average Bonchev–Trinajstić information content (AvgIpc) is 2.57. The number of amidine groups is 1. The highest BCUT2D eigenvalue weighted by Crippen LogP contribution is 2.09. The van der Waals surface area contributed by atoms with E-state index >= 15 is 0 Å². The maximum absolute atomic E-state index is 7.41. The molecule has 2 heterocycles. The molecule has 6 heteroatoms. The predicted molar refractivity (Wildman–Crippen MR) is 64.4 cm³/mol. The van der Waals surface area contributed by atoms with Crippen LogP contribution in [0.3, 0.4) is 0 Å². The molecule has 88 valence electrons. The molecule has 2 aromatic heterocycles. The number of aryl methyl sites for hydroxylation is 3.